The summed E-state index contributed by atoms with van der Waals surface area (Å²) in [6.45, 7) is 1.81. The number of hydrogen-bond acceptors (Lipinski definition) is 5. The van der Waals surface area contributed by atoms with Gasteiger partial charge in [-0.1, -0.05) is 0 Å². The second-order valence-corrected chi connectivity index (χ2v) is 3.27. The van der Waals surface area contributed by atoms with E-state index in [4.69, 9.17) is 11.5 Å². The van der Waals surface area contributed by atoms with E-state index in [-0.39, 0.29) is 18.4 Å². The lowest BCUT2D eigenvalue weighted by atomic mass is 10.3. The number of halogens is 1. The van der Waals surface area contributed by atoms with E-state index in [1.165, 1.54) is 0 Å². The largest absolute Gasteiger partial charge is 0.368 e. The Bertz CT molecular complexity index is 306. The Morgan fingerprint density at radius 3 is 2.86 bits per heavy atom. The molecule has 0 aliphatic carbocycles. The van der Waals surface area contributed by atoms with Gasteiger partial charge in [-0.2, -0.15) is 4.98 Å². The lowest BCUT2D eigenvalue weighted by molar-refractivity contribution is 0.751. The summed E-state index contributed by atoms with van der Waals surface area (Å²) in [5, 5.41) is 0. The van der Waals surface area contributed by atoms with Crippen molar-refractivity contribution in [2.45, 2.75) is 12.5 Å². The maximum Gasteiger partial charge on any atom is 0.221 e. The van der Waals surface area contributed by atoms with Gasteiger partial charge in [0.1, 0.15) is 5.82 Å². The van der Waals surface area contributed by atoms with E-state index >= 15 is 0 Å². The van der Waals surface area contributed by atoms with Gasteiger partial charge in [0, 0.05) is 25.3 Å². The molecule has 1 aromatic heterocycles. The van der Waals surface area contributed by atoms with Crippen LogP contribution in [0.3, 0.4) is 0 Å². The zero-order chi connectivity index (χ0) is 9.26. The van der Waals surface area contributed by atoms with Crippen molar-refractivity contribution in [3.05, 3.63) is 12.3 Å². The van der Waals surface area contributed by atoms with Crippen molar-refractivity contribution in [2.75, 3.05) is 23.7 Å². The summed E-state index contributed by atoms with van der Waals surface area (Å²) in [7, 11) is 0. The highest BCUT2D eigenvalue weighted by Crippen LogP contribution is 2.16. The zero-order valence-electron chi connectivity index (χ0n) is 7.76. The van der Waals surface area contributed by atoms with Crippen molar-refractivity contribution in [3.8, 4) is 0 Å². The minimum Gasteiger partial charge on any atom is -0.368 e. The molecule has 1 aromatic rings. The fourth-order valence-electron chi connectivity index (χ4n) is 1.54. The third kappa shape index (κ3) is 2.24. The third-order valence-corrected chi connectivity index (χ3v) is 2.21. The molecule has 1 aliphatic heterocycles. The van der Waals surface area contributed by atoms with E-state index in [9.17, 15) is 0 Å². The molecule has 0 bridgehead atoms. The van der Waals surface area contributed by atoms with Crippen LogP contribution in [0.25, 0.3) is 0 Å². The summed E-state index contributed by atoms with van der Waals surface area (Å²) in [5.74, 6) is 1.19. The Kier molecular flexibility index (Phi) is 3.49. The zero-order valence-corrected chi connectivity index (χ0v) is 8.57. The lowest BCUT2D eigenvalue weighted by Crippen LogP contribution is -2.27. The van der Waals surface area contributed by atoms with Crippen LogP contribution in [-0.4, -0.2) is 29.1 Å². The summed E-state index contributed by atoms with van der Waals surface area (Å²) in [5.41, 5.74) is 11.3. The van der Waals surface area contributed by atoms with Crippen molar-refractivity contribution in [3.63, 3.8) is 0 Å². The lowest BCUT2D eigenvalue weighted by Gasteiger charge is -2.16. The predicted octanol–water partition coefficient (Wildman–Crippen LogP) is 0.0180. The molecule has 5 nitrogen and oxygen atoms in total. The molecule has 1 saturated heterocycles. The Morgan fingerprint density at radius 2 is 2.29 bits per heavy atom. The molecule has 0 radical (unpaired) electrons. The van der Waals surface area contributed by atoms with Crippen LogP contribution in [0.4, 0.5) is 11.8 Å². The minimum atomic E-state index is 0. The first-order valence-electron chi connectivity index (χ1n) is 4.35. The second kappa shape index (κ2) is 4.43. The number of nitrogens with zero attached hydrogens (tertiary/aromatic N) is 3. The second-order valence-electron chi connectivity index (χ2n) is 3.27. The van der Waals surface area contributed by atoms with Crippen LogP contribution in [0.5, 0.6) is 0 Å². The molecule has 0 aromatic carbocycles. The molecule has 0 unspecified atom stereocenters. The first kappa shape index (κ1) is 11.0. The smallest absolute Gasteiger partial charge is 0.221 e. The minimum absolute atomic E-state index is 0. The molecule has 2 heterocycles. The number of rotatable bonds is 1. The van der Waals surface area contributed by atoms with E-state index in [1.807, 2.05) is 6.07 Å². The van der Waals surface area contributed by atoms with E-state index in [0.29, 0.717) is 5.95 Å². The highest BCUT2D eigenvalue weighted by molar-refractivity contribution is 5.85. The van der Waals surface area contributed by atoms with Gasteiger partial charge in [0.2, 0.25) is 5.95 Å². The van der Waals surface area contributed by atoms with Gasteiger partial charge in [0.25, 0.3) is 0 Å². The monoisotopic (exact) mass is 215 g/mol. The molecule has 6 heteroatoms. The number of nitrogens with two attached hydrogens (primary N) is 2. The molecule has 0 saturated carbocycles. The molecule has 1 fully saturated rings. The third-order valence-electron chi connectivity index (χ3n) is 2.21. The average molecular weight is 216 g/mol. The molecule has 78 valence electrons. The van der Waals surface area contributed by atoms with E-state index in [1.54, 1.807) is 6.20 Å². The van der Waals surface area contributed by atoms with Gasteiger partial charge >= 0.3 is 0 Å². The standard InChI is InChI=1S/C8H13N5.ClH/c9-6-2-4-13(5-6)7-1-3-11-8(10)12-7;/h1,3,6H,2,4-5,9H2,(H2,10,11,12);1H/t6-;/m0./s1. The molecule has 1 atom stereocenters. The predicted molar refractivity (Wildman–Crippen MR) is 58.5 cm³/mol. The van der Waals surface area contributed by atoms with Gasteiger partial charge in [-0.3, -0.25) is 0 Å². The number of anilines is 2. The molecular weight excluding hydrogens is 202 g/mol. The number of nitrogen functional groups attached to an aromatic ring is 1. The number of aromatic nitrogens is 2. The van der Waals surface area contributed by atoms with E-state index < -0.39 is 0 Å². The van der Waals surface area contributed by atoms with Gasteiger partial charge < -0.3 is 16.4 Å². The van der Waals surface area contributed by atoms with Crippen molar-refractivity contribution >= 4 is 24.2 Å². The van der Waals surface area contributed by atoms with Gasteiger partial charge in [0.15, 0.2) is 0 Å². The first-order valence-corrected chi connectivity index (χ1v) is 4.35. The summed E-state index contributed by atoms with van der Waals surface area (Å²) >= 11 is 0. The maximum atomic E-state index is 5.78. The van der Waals surface area contributed by atoms with Crippen molar-refractivity contribution in [1.29, 1.82) is 0 Å². The summed E-state index contributed by atoms with van der Waals surface area (Å²) in [6.07, 6.45) is 2.69. The van der Waals surface area contributed by atoms with Crippen LogP contribution in [0.15, 0.2) is 12.3 Å². The quantitative estimate of drug-likeness (QED) is 0.690. The summed E-state index contributed by atoms with van der Waals surface area (Å²) in [6, 6.07) is 2.12. The van der Waals surface area contributed by atoms with E-state index in [0.717, 1.165) is 25.3 Å². The molecule has 1 aliphatic rings. The van der Waals surface area contributed by atoms with Gasteiger partial charge in [-0.25, -0.2) is 4.98 Å². The van der Waals surface area contributed by atoms with Gasteiger partial charge in [-0.15, -0.1) is 12.4 Å². The SMILES string of the molecule is Cl.Nc1nccc(N2CC[C@H](N)C2)n1. The topological polar surface area (TPSA) is 81.1 Å². The van der Waals surface area contributed by atoms with Gasteiger partial charge in [-0.05, 0) is 12.5 Å². The number of hydrogen-bond donors (Lipinski definition) is 2. The molecule has 0 spiro atoms. The summed E-state index contributed by atoms with van der Waals surface area (Å²) < 4.78 is 0. The van der Waals surface area contributed by atoms with Crippen LogP contribution in [0.2, 0.25) is 0 Å². The van der Waals surface area contributed by atoms with Gasteiger partial charge in [0.05, 0.1) is 0 Å². The Hall–Kier alpha value is -1.07. The normalized spacial score (nSPS) is 20.6. The molecule has 14 heavy (non-hydrogen) atoms. The van der Waals surface area contributed by atoms with Crippen LogP contribution < -0.4 is 16.4 Å². The molecule has 4 N–H and O–H groups in total. The highest BCUT2D eigenvalue weighted by Gasteiger charge is 2.20. The molecule has 2 rings (SSSR count). The van der Waals surface area contributed by atoms with Crippen molar-refractivity contribution in [2.24, 2.45) is 5.73 Å². The fraction of sp³-hybridized carbons (Fsp3) is 0.500. The highest BCUT2D eigenvalue weighted by atomic mass is 35.5. The van der Waals surface area contributed by atoms with Crippen LogP contribution >= 0.6 is 12.4 Å². The molecule has 0 amide bonds. The summed E-state index contributed by atoms with van der Waals surface area (Å²) in [4.78, 5) is 10.1. The van der Waals surface area contributed by atoms with Crippen molar-refractivity contribution < 1.29 is 0 Å². The average Bonchev–Trinajstić information content (AvgIpc) is 2.52. The van der Waals surface area contributed by atoms with Crippen LogP contribution in [0.1, 0.15) is 6.42 Å². The van der Waals surface area contributed by atoms with Crippen LogP contribution in [-0.2, 0) is 0 Å². The first-order chi connectivity index (χ1) is 6.25. The maximum absolute atomic E-state index is 5.78. The van der Waals surface area contributed by atoms with Crippen LogP contribution in [0, 0.1) is 0 Å². The van der Waals surface area contributed by atoms with Crippen molar-refractivity contribution in [1.82, 2.24) is 9.97 Å². The Balaban J connectivity index is 0.000000980. The fourth-order valence-corrected chi connectivity index (χ4v) is 1.54. The molecular formula is C8H14ClN5. The Morgan fingerprint density at radius 1 is 1.50 bits per heavy atom. The Labute approximate surface area is 88.9 Å². The van der Waals surface area contributed by atoms with E-state index in [2.05, 4.69) is 14.9 Å².